The Labute approximate surface area is 161 Å². The number of anilines is 1. The van der Waals surface area contributed by atoms with E-state index < -0.39 is 0 Å². The van der Waals surface area contributed by atoms with E-state index >= 15 is 0 Å². The summed E-state index contributed by atoms with van der Waals surface area (Å²) in [5.41, 5.74) is 0.375. The lowest BCUT2D eigenvalue weighted by molar-refractivity contribution is 0.0748. The molecule has 0 unspecified atom stereocenters. The van der Waals surface area contributed by atoms with Gasteiger partial charge in [-0.05, 0) is 44.7 Å². The molecule has 0 aromatic carbocycles. The highest BCUT2D eigenvalue weighted by Crippen LogP contribution is 2.16. The molecule has 1 aromatic rings. The van der Waals surface area contributed by atoms with E-state index in [1.165, 1.54) is 0 Å². The van der Waals surface area contributed by atoms with E-state index in [-0.39, 0.29) is 18.0 Å². The Hall–Kier alpha value is -2.38. The van der Waals surface area contributed by atoms with Crippen molar-refractivity contribution < 1.29 is 14.3 Å². The van der Waals surface area contributed by atoms with Crippen molar-refractivity contribution >= 4 is 17.8 Å². The van der Waals surface area contributed by atoms with Crippen LogP contribution in [-0.4, -0.2) is 70.8 Å². The molecule has 8 heteroatoms. The van der Waals surface area contributed by atoms with Crippen LogP contribution < -0.4 is 5.32 Å². The predicted molar refractivity (Wildman–Crippen MR) is 104 cm³/mol. The van der Waals surface area contributed by atoms with Crippen LogP contribution in [-0.2, 0) is 4.74 Å². The number of hydrogen-bond acceptors (Lipinski definition) is 6. The molecule has 1 aliphatic rings. The van der Waals surface area contributed by atoms with Crippen molar-refractivity contribution in [3.8, 4) is 0 Å². The number of nitrogens with zero attached hydrogens (tertiary/aromatic N) is 4. The average Bonchev–Trinajstić information content (AvgIpc) is 2.68. The zero-order chi connectivity index (χ0) is 19.6. The molecular weight excluding hydrogens is 346 g/mol. The molecule has 2 heterocycles. The summed E-state index contributed by atoms with van der Waals surface area (Å²) in [6.07, 6.45) is 3.23. The average molecular weight is 377 g/mol. The van der Waals surface area contributed by atoms with E-state index in [1.807, 2.05) is 11.8 Å². The summed E-state index contributed by atoms with van der Waals surface area (Å²) in [5.74, 6) is 0.583. The maximum atomic E-state index is 12.5. The second kappa shape index (κ2) is 10.7. The molecule has 0 radical (unpaired) electrons. The number of amides is 2. The molecule has 1 fully saturated rings. The van der Waals surface area contributed by atoms with Crippen LogP contribution in [0.5, 0.6) is 0 Å². The first-order valence-electron chi connectivity index (χ1n) is 9.90. The number of nitrogens with one attached hydrogen (secondary N) is 1. The minimum atomic E-state index is -0.248. The number of piperidine rings is 1. The Morgan fingerprint density at radius 3 is 2.33 bits per heavy atom. The number of aromatic nitrogens is 2. The Morgan fingerprint density at radius 1 is 1.15 bits per heavy atom. The third kappa shape index (κ3) is 6.08. The number of carbonyl (C=O) groups is 2. The molecule has 1 aromatic heterocycles. The van der Waals surface area contributed by atoms with Crippen LogP contribution in [0.25, 0.3) is 0 Å². The molecule has 1 N–H and O–H groups in total. The number of rotatable bonds is 8. The summed E-state index contributed by atoms with van der Waals surface area (Å²) in [5, 5.41) is 11.6. The highest BCUT2D eigenvalue weighted by molar-refractivity contribution is 5.92. The van der Waals surface area contributed by atoms with Gasteiger partial charge < -0.3 is 19.9 Å². The largest absolute Gasteiger partial charge is 0.450 e. The fourth-order valence-corrected chi connectivity index (χ4v) is 3.17. The summed E-state index contributed by atoms with van der Waals surface area (Å²) in [4.78, 5) is 27.8. The van der Waals surface area contributed by atoms with Crippen molar-refractivity contribution in [1.82, 2.24) is 20.0 Å². The van der Waals surface area contributed by atoms with Crippen LogP contribution in [0.3, 0.4) is 0 Å². The molecule has 27 heavy (non-hydrogen) atoms. The van der Waals surface area contributed by atoms with E-state index in [4.69, 9.17) is 4.74 Å². The maximum absolute atomic E-state index is 12.5. The van der Waals surface area contributed by atoms with Crippen molar-refractivity contribution in [2.24, 2.45) is 0 Å². The van der Waals surface area contributed by atoms with E-state index in [0.29, 0.717) is 31.2 Å². The normalized spacial score (nSPS) is 14.7. The summed E-state index contributed by atoms with van der Waals surface area (Å²) >= 11 is 0. The summed E-state index contributed by atoms with van der Waals surface area (Å²) in [6, 6.07) is 3.75. The fraction of sp³-hybridized carbons (Fsp3) is 0.684. The maximum Gasteiger partial charge on any atom is 0.409 e. The van der Waals surface area contributed by atoms with Gasteiger partial charge in [0.05, 0.1) is 6.61 Å². The van der Waals surface area contributed by atoms with Crippen molar-refractivity contribution in [3.63, 3.8) is 0 Å². The van der Waals surface area contributed by atoms with Gasteiger partial charge in [-0.2, -0.15) is 0 Å². The van der Waals surface area contributed by atoms with Gasteiger partial charge in [0.2, 0.25) is 0 Å². The molecule has 150 valence electrons. The van der Waals surface area contributed by atoms with Crippen molar-refractivity contribution in [2.45, 2.75) is 52.5 Å². The van der Waals surface area contributed by atoms with Crippen molar-refractivity contribution in [2.75, 3.05) is 38.1 Å². The fourth-order valence-electron chi connectivity index (χ4n) is 3.17. The molecule has 2 rings (SSSR count). The van der Waals surface area contributed by atoms with Gasteiger partial charge in [-0.1, -0.05) is 13.8 Å². The molecule has 0 spiro atoms. The van der Waals surface area contributed by atoms with Crippen LogP contribution in [0.4, 0.5) is 10.6 Å². The molecule has 8 nitrogen and oxygen atoms in total. The highest BCUT2D eigenvalue weighted by Gasteiger charge is 2.24. The summed E-state index contributed by atoms with van der Waals surface area (Å²) in [6.45, 7) is 9.09. The third-order valence-electron chi connectivity index (χ3n) is 4.53. The molecule has 1 aliphatic heterocycles. The number of ether oxygens (including phenoxy) is 1. The molecular formula is C19H31N5O3. The van der Waals surface area contributed by atoms with Gasteiger partial charge in [0.15, 0.2) is 5.69 Å². The van der Waals surface area contributed by atoms with Crippen molar-refractivity contribution in [1.29, 1.82) is 0 Å². The zero-order valence-electron chi connectivity index (χ0n) is 16.6. The van der Waals surface area contributed by atoms with Gasteiger partial charge in [0.25, 0.3) is 5.91 Å². The molecule has 1 saturated heterocycles. The van der Waals surface area contributed by atoms with E-state index in [1.54, 1.807) is 17.0 Å². The van der Waals surface area contributed by atoms with Crippen LogP contribution in [0.1, 0.15) is 56.9 Å². The monoisotopic (exact) mass is 377 g/mol. The van der Waals surface area contributed by atoms with Crippen LogP contribution >= 0.6 is 0 Å². The number of carbonyl (C=O) groups excluding carboxylic acids is 2. The summed E-state index contributed by atoms with van der Waals surface area (Å²) in [7, 11) is 0. The quantitative estimate of drug-likeness (QED) is 0.749. The first-order valence-corrected chi connectivity index (χ1v) is 9.90. The molecule has 2 amide bonds. The summed E-state index contributed by atoms with van der Waals surface area (Å²) < 4.78 is 5.03. The second-order valence-corrected chi connectivity index (χ2v) is 6.70. The molecule has 0 bridgehead atoms. The standard InChI is InChI=1S/C19H31N5O3/c1-4-11-23(12-5-2)18(25)16-7-8-17(22-21-16)20-15-9-13-24(14-10-15)19(26)27-6-3/h7-8,15H,4-6,9-14H2,1-3H3,(H,20,22). The van der Waals surface area contributed by atoms with Gasteiger partial charge in [-0.15, -0.1) is 10.2 Å². The Kier molecular flexibility index (Phi) is 8.29. The topological polar surface area (TPSA) is 87.7 Å². The third-order valence-corrected chi connectivity index (χ3v) is 4.53. The van der Waals surface area contributed by atoms with E-state index in [2.05, 4.69) is 29.4 Å². The van der Waals surface area contributed by atoms with Gasteiger partial charge in [-0.25, -0.2) is 4.79 Å². The SMILES string of the molecule is CCCN(CCC)C(=O)c1ccc(NC2CCN(C(=O)OCC)CC2)nn1. The lowest BCUT2D eigenvalue weighted by Crippen LogP contribution is -2.42. The van der Waals surface area contributed by atoms with E-state index in [9.17, 15) is 9.59 Å². The minimum Gasteiger partial charge on any atom is -0.450 e. The minimum absolute atomic E-state index is 0.0690. The number of hydrogen-bond donors (Lipinski definition) is 1. The lowest BCUT2D eigenvalue weighted by Gasteiger charge is -2.31. The van der Waals surface area contributed by atoms with Gasteiger partial charge in [0.1, 0.15) is 5.82 Å². The predicted octanol–water partition coefficient (Wildman–Crippen LogP) is 2.77. The molecule has 0 aliphatic carbocycles. The van der Waals surface area contributed by atoms with Crippen LogP contribution in [0, 0.1) is 0 Å². The van der Waals surface area contributed by atoms with Gasteiger partial charge in [-0.3, -0.25) is 4.79 Å². The lowest BCUT2D eigenvalue weighted by atomic mass is 10.1. The molecule has 0 atom stereocenters. The first kappa shape index (κ1) is 20.9. The second-order valence-electron chi connectivity index (χ2n) is 6.70. The number of likely N-dealkylation sites (tertiary alicyclic amines) is 1. The van der Waals surface area contributed by atoms with Crippen LogP contribution in [0.2, 0.25) is 0 Å². The smallest absolute Gasteiger partial charge is 0.409 e. The highest BCUT2D eigenvalue weighted by atomic mass is 16.6. The van der Waals surface area contributed by atoms with Gasteiger partial charge >= 0.3 is 6.09 Å². The van der Waals surface area contributed by atoms with E-state index in [0.717, 1.165) is 38.8 Å². The van der Waals surface area contributed by atoms with Crippen molar-refractivity contribution in [3.05, 3.63) is 17.8 Å². The Bertz CT molecular complexity index is 594. The zero-order valence-corrected chi connectivity index (χ0v) is 16.6. The Balaban J connectivity index is 1.87. The van der Waals surface area contributed by atoms with Gasteiger partial charge in [0, 0.05) is 32.2 Å². The molecule has 0 saturated carbocycles. The first-order chi connectivity index (χ1) is 13.1. The van der Waals surface area contributed by atoms with Crippen LogP contribution in [0.15, 0.2) is 12.1 Å². The Morgan fingerprint density at radius 2 is 1.81 bits per heavy atom.